The number of aryl methyl sites for hydroxylation is 1. The van der Waals surface area contributed by atoms with Crippen LogP contribution in [0.4, 0.5) is 5.13 Å². The van der Waals surface area contributed by atoms with Gasteiger partial charge < -0.3 is 4.74 Å². The number of carbonyl (C=O) groups excluding carboxylic acids is 2. The minimum absolute atomic E-state index is 0.152. The smallest absolute Gasteiger partial charge is 0.359 e. The van der Waals surface area contributed by atoms with Gasteiger partial charge in [0, 0.05) is 16.3 Å². The Balaban J connectivity index is 1.36. The van der Waals surface area contributed by atoms with Gasteiger partial charge in [0.1, 0.15) is 0 Å². The van der Waals surface area contributed by atoms with Crippen LogP contribution >= 0.6 is 11.3 Å². The number of anilines is 1. The summed E-state index contributed by atoms with van der Waals surface area (Å²) in [6.45, 7) is 1.60. The van der Waals surface area contributed by atoms with Gasteiger partial charge in [-0.25, -0.2) is 9.78 Å². The van der Waals surface area contributed by atoms with Gasteiger partial charge in [-0.1, -0.05) is 48.0 Å². The molecule has 1 amide bonds. The lowest BCUT2D eigenvalue weighted by molar-refractivity contribution is -0.119. The number of ether oxygens (including phenoxy) is 1. The second-order valence-electron chi connectivity index (χ2n) is 6.15. The molecular weight excluding hydrogens is 376 g/mol. The van der Waals surface area contributed by atoms with E-state index in [1.54, 1.807) is 18.2 Å². The highest BCUT2D eigenvalue weighted by Gasteiger charge is 2.17. The fraction of sp³-hybridized carbons (Fsp3) is 0.100. The SMILES string of the molecule is Cc1ccc(-c2csc(NC(=O)COC(=O)c3n[nH]c4ccccc34)n2)cc1. The van der Waals surface area contributed by atoms with Crippen molar-refractivity contribution in [2.45, 2.75) is 6.92 Å². The number of aromatic amines is 1. The van der Waals surface area contributed by atoms with Gasteiger partial charge in [0.25, 0.3) is 5.91 Å². The van der Waals surface area contributed by atoms with E-state index in [0.717, 1.165) is 16.8 Å². The summed E-state index contributed by atoms with van der Waals surface area (Å²) < 4.78 is 5.08. The van der Waals surface area contributed by atoms with Crippen molar-refractivity contribution in [3.05, 3.63) is 65.2 Å². The number of amides is 1. The number of nitrogens with zero attached hydrogens (tertiary/aromatic N) is 2. The number of nitrogens with one attached hydrogen (secondary N) is 2. The Morgan fingerprint density at radius 2 is 1.93 bits per heavy atom. The van der Waals surface area contributed by atoms with Crippen molar-refractivity contribution in [1.29, 1.82) is 0 Å². The topological polar surface area (TPSA) is 97.0 Å². The van der Waals surface area contributed by atoms with Crippen LogP contribution in [0.15, 0.2) is 53.9 Å². The first-order valence-corrected chi connectivity index (χ1v) is 9.41. The summed E-state index contributed by atoms with van der Waals surface area (Å²) in [5, 5.41) is 12.3. The molecule has 4 aromatic rings. The normalized spacial score (nSPS) is 10.8. The summed E-state index contributed by atoms with van der Waals surface area (Å²) >= 11 is 1.31. The third kappa shape index (κ3) is 3.77. The van der Waals surface area contributed by atoms with E-state index >= 15 is 0 Å². The second kappa shape index (κ2) is 7.61. The van der Waals surface area contributed by atoms with Crippen molar-refractivity contribution in [2.75, 3.05) is 11.9 Å². The number of H-pyrrole nitrogens is 1. The van der Waals surface area contributed by atoms with Crippen LogP contribution in [0.1, 0.15) is 16.1 Å². The van der Waals surface area contributed by atoms with Gasteiger partial charge >= 0.3 is 5.97 Å². The standard InChI is InChI=1S/C20H16N4O3S/c1-12-6-8-13(9-7-12)16-11-28-20(21-16)22-17(25)10-27-19(26)18-14-4-2-3-5-15(14)23-24-18/h2-9,11H,10H2,1H3,(H,23,24)(H,21,22,25). The second-order valence-corrected chi connectivity index (χ2v) is 7.00. The number of hydrogen-bond acceptors (Lipinski definition) is 6. The molecule has 0 spiro atoms. The van der Waals surface area contributed by atoms with Gasteiger partial charge in [0.15, 0.2) is 17.4 Å². The maximum Gasteiger partial charge on any atom is 0.359 e. The number of hydrogen-bond donors (Lipinski definition) is 2. The van der Waals surface area contributed by atoms with Crippen molar-refractivity contribution < 1.29 is 14.3 Å². The van der Waals surface area contributed by atoms with Crippen molar-refractivity contribution in [1.82, 2.24) is 15.2 Å². The summed E-state index contributed by atoms with van der Waals surface area (Å²) in [6.07, 6.45) is 0. The maximum absolute atomic E-state index is 12.2. The first-order chi connectivity index (χ1) is 13.6. The predicted octanol–water partition coefficient (Wildman–Crippen LogP) is 3.79. The lowest BCUT2D eigenvalue weighted by Gasteiger charge is -2.03. The highest BCUT2D eigenvalue weighted by atomic mass is 32.1. The molecule has 0 bridgehead atoms. The molecule has 0 radical (unpaired) electrons. The van der Waals surface area contributed by atoms with E-state index < -0.39 is 18.5 Å². The average molecular weight is 392 g/mol. The van der Waals surface area contributed by atoms with Crippen molar-refractivity contribution in [2.24, 2.45) is 0 Å². The van der Waals surface area contributed by atoms with Crippen LogP contribution in [0.2, 0.25) is 0 Å². The number of fused-ring (bicyclic) bond motifs is 1. The predicted molar refractivity (Wildman–Crippen MR) is 107 cm³/mol. The third-order valence-corrected chi connectivity index (χ3v) is 4.85. The molecule has 0 unspecified atom stereocenters. The molecule has 2 aromatic carbocycles. The van der Waals surface area contributed by atoms with E-state index in [-0.39, 0.29) is 5.69 Å². The highest BCUT2D eigenvalue weighted by molar-refractivity contribution is 7.14. The molecule has 0 saturated heterocycles. The zero-order valence-corrected chi connectivity index (χ0v) is 15.7. The van der Waals surface area contributed by atoms with E-state index in [1.165, 1.54) is 16.9 Å². The molecule has 0 aliphatic carbocycles. The molecule has 140 valence electrons. The van der Waals surface area contributed by atoms with Gasteiger partial charge in [0.2, 0.25) is 0 Å². The number of para-hydroxylation sites is 1. The Bertz CT molecular complexity index is 1150. The van der Waals surface area contributed by atoms with E-state index in [9.17, 15) is 9.59 Å². The summed E-state index contributed by atoms with van der Waals surface area (Å²) in [5.74, 6) is -1.12. The van der Waals surface area contributed by atoms with Crippen LogP contribution in [0, 0.1) is 6.92 Å². The van der Waals surface area contributed by atoms with E-state index in [0.29, 0.717) is 10.5 Å². The Hall–Kier alpha value is -3.52. The van der Waals surface area contributed by atoms with Gasteiger partial charge in [-0.15, -0.1) is 11.3 Å². The number of carbonyl (C=O) groups is 2. The Labute approximate surface area is 164 Å². The number of thiazole rings is 1. The number of aromatic nitrogens is 3. The minimum Gasteiger partial charge on any atom is -0.451 e. The molecule has 7 nitrogen and oxygen atoms in total. The fourth-order valence-electron chi connectivity index (χ4n) is 2.66. The van der Waals surface area contributed by atoms with Crippen molar-refractivity contribution >= 4 is 39.2 Å². The van der Waals surface area contributed by atoms with E-state index in [2.05, 4.69) is 20.5 Å². The Morgan fingerprint density at radius 1 is 1.14 bits per heavy atom. The van der Waals surface area contributed by atoms with Crippen LogP contribution in [-0.2, 0) is 9.53 Å². The molecule has 4 rings (SSSR count). The first kappa shape index (κ1) is 17.9. The van der Waals surface area contributed by atoms with Crippen LogP contribution in [0.3, 0.4) is 0 Å². The van der Waals surface area contributed by atoms with Crippen LogP contribution in [-0.4, -0.2) is 33.7 Å². The average Bonchev–Trinajstić information content (AvgIpc) is 3.34. The van der Waals surface area contributed by atoms with Gasteiger partial charge in [-0.3, -0.25) is 15.2 Å². The van der Waals surface area contributed by atoms with Crippen LogP contribution in [0.5, 0.6) is 0 Å². The number of benzene rings is 2. The Kier molecular flexibility index (Phi) is 4.86. The molecular formula is C20H16N4O3S. The van der Waals surface area contributed by atoms with Crippen molar-refractivity contribution in [3.63, 3.8) is 0 Å². The molecule has 0 aliphatic rings. The highest BCUT2D eigenvalue weighted by Crippen LogP contribution is 2.25. The van der Waals surface area contributed by atoms with E-state index in [1.807, 2.05) is 42.6 Å². The molecule has 28 heavy (non-hydrogen) atoms. The monoisotopic (exact) mass is 392 g/mol. The van der Waals surface area contributed by atoms with Gasteiger partial charge in [-0.2, -0.15) is 5.10 Å². The molecule has 2 N–H and O–H groups in total. The summed E-state index contributed by atoms with van der Waals surface area (Å²) in [6, 6.07) is 15.2. The summed E-state index contributed by atoms with van der Waals surface area (Å²) in [5.41, 5.74) is 3.79. The van der Waals surface area contributed by atoms with Gasteiger partial charge in [-0.05, 0) is 13.0 Å². The first-order valence-electron chi connectivity index (χ1n) is 8.53. The maximum atomic E-state index is 12.2. The third-order valence-electron chi connectivity index (χ3n) is 4.10. The Morgan fingerprint density at radius 3 is 2.75 bits per heavy atom. The molecule has 2 heterocycles. The largest absolute Gasteiger partial charge is 0.451 e. The van der Waals surface area contributed by atoms with E-state index in [4.69, 9.17) is 4.74 Å². The van der Waals surface area contributed by atoms with Crippen molar-refractivity contribution in [3.8, 4) is 11.3 Å². The lowest BCUT2D eigenvalue weighted by Crippen LogP contribution is -2.21. The molecule has 8 heteroatoms. The quantitative estimate of drug-likeness (QED) is 0.504. The molecule has 2 aromatic heterocycles. The zero-order valence-electron chi connectivity index (χ0n) is 14.9. The summed E-state index contributed by atoms with van der Waals surface area (Å²) in [7, 11) is 0. The summed E-state index contributed by atoms with van der Waals surface area (Å²) in [4.78, 5) is 28.7. The minimum atomic E-state index is -0.660. The van der Waals surface area contributed by atoms with Crippen LogP contribution in [0.25, 0.3) is 22.2 Å². The number of esters is 1. The van der Waals surface area contributed by atoms with Crippen LogP contribution < -0.4 is 5.32 Å². The lowest BCUT2D eigenvalue weighted by atomic mass is 10.1. The van der Waals surface area contributed by atoms with Gasteiger partial charge in [0.05, 0.1) is 11.2 Å². The molecule has 0 aliphatic heterocycles. The zero-order chi connectivity index (χ0) is 19.5. The molecule has 0 atom stereocenters. The number of rotatable bonds is 5. The molecule has 0 saturated carbocycles. The fourth-order valence-corrected chi connectivity index (χ4v) is 3.40. The molecule has 0 fully saturated rings.